The summed E-state index contributed by atoms with van der Waals surface area (Å²) in [6.07, 6.45) is 5.14. The van der Waals surface area contributed by atoms with Crippen molar-refractivity contribution in [1.29, 1.82) is 0 Å². The van der Waals surface area contributed by atoms with E-state index in [-0.39, 0.29) is 11.8 Å². The molecular formula is C17H20N4O. The van der Waals surface area contributed by atoms with Crippen LogP contribution in [-0.2, 0) is 4.79 Å². The average Bonchev–Trinajstić information content (AvgIpc) is 2.62. The van der Waals surface area contributed by atoms with Gasteiger partial charge in [-0.15, -0.1) is 0 Å². The molecule has 1 aliphatic rings. The Labute approximate surface area is 130 Å². The van der Waals surface area contributed by atoms with Gasteiger partial charge in [0, 0.05) is 38.6 Å². The molecule has 1 amide bonds. The molecule has 0 aliphatic carbocycles. The van der Waals surface area contributed by atoms with Crippen molar-refractivity contribution in [3.05, 3.63) is 54.5 Å². The first kappa shape index (κ1) is 14.5. The Morgan fingerprint density at radius 1 is 1.09 bits per heavy atom. The Bertz CT molecular complexity index is 609. The Morgan fingerprint density at radius 2 is 1.82 bits per heavy atom. The zero-order valence-corrected chi connectivity index (χ0v) is 12.7. The smallest absolute Gasteiger partial charge is 0.229 e. The molecule has 0 bridgehead atoms. The van der Waals surface area contributed by atoms with Crippen molar-refractivity contribution in [3.63, 3.8) is 0 Å². The molecule has 114 valence electrons. The van der Waals surface area contributed by atoms with Crippen molar-refractivity contribution < 1.29 is 4.79 Å². The molecule has 1 aromatic carbocycles. The van der Waals surface area contributed by atoms with E-state index in [4.69, 9.17) is 0 Å². The second kappa shape index (κ2) is 6.56. The lowest BCUT2D eigenvalue weighted by Gasteiger charge is -2.36. The Morgan fingerprint density at radius 3 is 2.45 bits per heavy atom. The van der Waals surface area contributed by atoms with Gasteiger partial charge in [-0.3, -0.25) is 9.78 Å². The van der Waals surface area contributed by atoms with Crippen LogP contribution in [0.1, 0.15) is 18.4 Å². The summed E-state index contributed by atoms with van der Waals surface area (Å²) >= 11 is 0. The van der Waals surface area contributed by atoms with Crippen LogP contribution in [-0.4, -0.2) is 47.0 Å². The van der Waals surface area contributed by atoms with E-state index in [1.54, 1.807) is 18.6 Å². The second-order valence-corrected chi connectivity index (χ2v) is 5.51. The quantitative estimate of drug-likeness (QED) is 0.868. The fourth-order valence-electron chi connectivity index (χ4n) is 2.77. The van der Waals surface area contributed by atoms with E-state index in [0.29, 0.717) is 0 Å². The van der Waals surface area contributed by atoms with Crippen LogP contribution in [0.15, 0.2) is 48.9 Å². The molecule has 1 aromatic heterocycles. The van der Waals surface area contributed by atoms with E-state index in [1.807, 2.05) is 42.2 Å². The van der Waals surface area contributed by atoms with E-state index in [9.17, 15) is 4.79 Å². The Balaban J connectivity index is 1.60. The number of hydrogen-bond acceptors (Lipinski definition) is 4. The number of amides is 1. The molecule has 0 saturated carbocycles. The minimum absolute atomic E-state index is 0.0933. The minimum Gasteiger partial charge on any atom is -0.352 e. The third-order valence-electron chi connectivity index (χ3n) is 4.13. The Kier molecular flexibility index (Phi) is 4.32. The van der Waals surface area contributed by atoms with Gasteiger partial charge in [-0.1, -0.05) is 30.3 Å². The zero-order chi connectivity index (χ0) is 15.4. The maximum atomic E-state index is 12.6. The number of benzene rings is 1. The number of carbonyl (C=O) groups is 1. The fourth-order valence-corrected chi connectivity index (χ4v) is 2.77. The summed E-state index contributed by atoms with van der Waals surface area (Å²) < 4.78 is 0. The van der Waals surface area contributed by atoms with Crippen LogP contribution in [0.5, 0.6) is 0 Å². The van der Waals surface area contributed by atoms with Gasteiger partial charge in [-0.2, -0.15) is 0 Å². The summed E-state index contributed by atoms with van der Waals surface area (Å²) in [6.45, 7) is 5.03. The highest BCUT2D eigenvalue weighted by molar-refractivity contribution is 5.83. The summed E-state index contributed by atoms with van der Waals surface area (Å²) in [4.78, 5) is 25.2. The van der Waals surface area contributed by atoms with Crippen molar-refractivity contribution in [1.82, 2.24) is 14.9 Å². The van der Waals surface area contributed by atoms with E-state index in [2.05, 4.69) is 14.9 Å². The molecule has 1 aliphatic heterocycles. The average molecular weight is 296 g/mol. The highest BCUT2D eigenvalue weighted by atomic mass is 16.2. The standard InChI is InChI=1S/C17H20N4O/c1-14(15-5-3-2-4-6-15)17(22)21-11-9-20(10-12-21)16-13-18-7-8-19-16/h2-8,13-14H,9-12H2,1H3. The lowest BCUT2D eigenvalue weighted by Crippen LogP contribution is -2.50. The van der Waals surface area contributed by atoms with Gasteiger partial charge in [0.1, 0.15) is 5.82 Å². The van der Waals surface area contributed by atoms with E-state index < -0.39 is 0 Å². The molecule has 1 saturated heterocycles. The van der Waals surface area contributed by atoms with Crippen molar-refractivity contribution in [3.8, 4) is 0 Å². The van der Waals surface area contributed by atoms with Gasteiger partial charge in [-0.25, -0.2) is 4.98 Å². The van der Waals surface area contributed by atoms with Crippen LogP contribution in [0.25, 0.3) is 0 Å². The lowest BCUT2D eigenvalue weighted by atomic mass is 9.99. The zero-order valence-electron chi connectivity index (χ0n) is 12.7. The SMILES string of the molecule is CC(C(=O)N1CCN(c2cnccn2)CC1)c1ccccc1. The molecule has 2 aromatic rings. The fraction of sp³-hybridized carbons (Fsp3) is 0.353. The van der Waals surface area contributed by atoms with Gasteiger partial charge in [0.25, 0.3) is 0 Å². The predicted molar refractivity (Wildman–Crippen MR) is 85.7 cm³/mol. The summed E-state index contributed by atoms with van der Waals surface area (Å²) in [5.74, 6) is 0.986. The maximum Gasteiger partial charge on any atom is 0.229 e. The van der Waals surface area contributed by atoms with E-state index >= 15 is 0 Å². The summed E-state index contributed by atoms with van der Waals surface area (Å²) in [6, 6.07) is 9.95. The minimum atomic E-state index is -0.0933. The van der Waals surface area contributed by atoms with E-state index in [1.165, 1.54) is 0 Å². The highest BCUT2D eigenvalue weighted by Crippen LogP contribution is 2.19. The van der Waals surface area contributed by atoms with Gasteiger partial charge >= 0.3 is 0 Å². The largest absolute Gasteiger partial charge is 0.352 e. The molecule has 1 unspecified atom stereocenters. The molecule has 1 fully saturated rings. The van der Waals surface area contributed by atoms with Gasteiger partial charge in [0.05, 0.1) is 12.1 Å². The van der Waals surface area contributed by atoms with Gasteiger partial charge in [-0.05, 0) is 12.5 Å². The van der Waals surface area contributed by atoms with Crippen LogP contribution in [0, 0.1) is 0 Å². The van der Waals surface area contributed by atoms with Crippen molar-refractivity contribution in [2.75, 3.05) is 31.1 Å². The number of hydrogen-bond donors (Lipinski definition) is 0. The molecule has 5 nitrogen and oxygen atoms in total. The van der Waals surface area contributed by atoms with Crippen LogP contribution in [0.4, 0.5) is 5.82 Å². The van der Waals surface area contributed by atoms with E-state index in [0.717, 1.165) is 37.6 Å². The van der Waals surface area contributed by atoms with Crippen molar-refractivity contribution >= 4 is 11.7 Å². The highest BCUT2D eigenvalue weighted by Gasteiger charge is 2.26. The molecular weight excluding hydrogens is 276 g/mol. The summed E-state index contributed by atoms with van der Waals surface area (Å²) in [5, 5.41) is 0. The number of nitrogens with zero attached hydrogens (tertiary/aromatic N) is 4. The molecule has 0 radical (unpaired) electrons. The van der Waals surface area contributed by atoms with Gasteiger partial charge < -0.3 is 9.80 Å². The summed E-state index contributed by atoms with van der Waals surface area (Å²) in [7, 11) is 0. The van der Waals surface area contributed by atoms with Gasteiger partial charge in [0.2, 0.25) is 5.91 Å². The van der Waals surface area contributed by atoms with Crippen LogP contribution < -0.4 is 4.90 Å². The topological polar surface area (TPSA) is 49.3 Å². The number of anilines is 1. The van der Waals surface area contributed by atoms with Crippen molar-refractivity contribution in [2.45, 2.75) is 12.8 Å². The first-order valence-electron chi connectivity index (χ1n) is 7.60. The third-order valence-corrected chi connectivity index (χ3v) is 4.13. The maximum absolute atomic E-state index is 12.6. The van der Waals surface area contributed by atoms with Crippen LogP contribution >= 0.6 is 0 Å². The summed E-state index contributed by atoms with van der Waals surface area (Å²) in [5.41, 5.74) is 1.07. The number of aromatic nitrogens is 2. The molecule has 22 heavy (non-hydrogen) atoms. The number of piperazine rings is 1. The Hall–Kier alpha value is -2.43. The van der Waals surface area contributed by atoms with Crippen LogP contribution in [0.2, 0.25) is 0 Å². The van der Waals surface area contributed by atoms with Crippen molar-refractivity contribution in [2.24, 2.45) is 0 Å². The predicted octanol–water partition coefficient (Wildman–Crippen LogP) is 1.93. The number of rotatable bonds is 3. The van der Waals surface area contributed by atoms with Gasteiger partial charge in [0.15, 0.2) is 0 Å². The number of carbonyl (C=O) groups excluding carboxylic acids is 1. The monoisotopic (exact) mass is 296 g/mol. The third kappa shape index (κ3) is 3.08. The molecule has 0 spiro atoms. The first-order chi connectivity index (χ1) is 10.8. The molecule has 2 heterocycles. The molecule has 3 rings (SSSR count). The molecule has 5 heteroatoms. The normalized spacial score (nSPS) is 16.4. The molecule has 0 N–H and O–H groups in total. The molecule has 1 atom stereocenters. The lowest BCUT2D eigenvalue weighted by molar-refractivity contribution is -0.132. The van der Waals surface area contributed by atoms with Crippen LogP contribution in [0.3, 0.4) is 0 Å². The first-order valence-corrected chi connectivity index (χ1v) is 7.60. The second-order valence-electron chi connectivity index (χ2n) is 5.51.